The highest BCUT2D eigenvalue weighted by Crippen LogP contribution is 2.18. The van der Waals surface area contributed by atoms with Crippen molar-refractivity contribution < 1.29 is 20.4 Å². The Morgan fingerprint density at radius 2 is 0.389 bits per heavy atom. The predicted molar refractivity (Wildman–Crippen MR) is 236 cm³/mol. The zero-order valence-corrected chi connectivity index (χ0v) is 37.3. The summed E-state index contributed by atoms with van der Waals surface area (Å²) >= 11 is 0. The van der Waals surface area contributed by atoms with Crippen molar-refractivity contribution in [3.8, 4) is 0 Å². The third kappa shape index (κ3) is 37.3. The first-order valence-electron chi connectivity index (χ1n) is 24.6. The monoisotopic (exact) mass is 769 g/mol. The van der Waals surface area contributed by atoms with Crippen LogP contribution >= 0.6 is 0 Å². The van der Waals surface area contributed by atoms with E-state index in [4.69, 9.17) is 0 Å². The molecule has 0 saturated heterocycles. The lowest BCUT2D eigenvalue weighted by atomic mass is 10.0. The minimum atomic E-state index is -0.488. The minimum Gasteiger partial charge on any atom is -0.392 e. The van der Waals surface area contributed by atoms with Crippen LogP contribution in [0.5, 0.6) is 0 Å². The maximum absolute atomic E-state index is 11.3. The van der Waals surface area contributed by atoms with Crippen molar-refractivity contribution in [1.82, 2.24) is 10.0 Å². The first-order valence-corrected chi connectivity index (χ1v) is 24.6. The standard InChI is InChI=1S/C48H100N2O4/c1-5-9-13-17-20-23-25-28-31-35-39-47(53)43-50(44-48(54)40-36-32-29-26-24-21-18-14-10-6-2)49(41-45(51)37-33-16-12-8-4)42-46(52)38-34-30-27-22-19-15-11-7-3/h45-48,51-54H,5-44H2,1-4H3. The van der Waals surface area contributed by atoms with Gasteiger partial charge in [0.1, 0.15) is 0 Å². The Labute approximate surface area is 339 Å². The van der Waals surface area contributed by atoms with Gasteiger partial charge < -0.3 is 20.4 Å². The summed E-state index contributed by atoms with van der Waals surface area (Å²) in [6.45, 7) is 10.8. The van der Waals surface area contributed by atoms with E-state index in [1.807, 2.05) is 0 Å². The van der Waals surface area contributed by atoms with Crippen LogP contribution in [0.2, 0.25) is 0 Å². The average Bonchev–Trinajstić information content (AvgIpc) is 3.15. The van der Waals surface area contributed by atoms with Crippen molar-refractivity contribution in [2.24, 2.45) is 0 Å². The molecule has 0 aromatic rings. The molecule has 0 aromatic carbocycles. The molecule has 0 rings (SSSR count). The molecule has 4 N–H and O–H groups in total. The summed E-state index contributed by atoms with van der Waals surface area (Å²) in [5.74, 6) is 0. The van der Waals surface area contributed by atoms with Crippen molar-refractivity contribution in [3.05, 3.63) is 0 Å². The summed E-state index contributed by atoms with van der Waals surface area (Å²) in [6, 6.07) is 0. The van der Waals surface area contributed by atoms with Crippen molar-refractivity contribution >= 4 is 0 Å². The number of unbranched alkanes of at least 4 members (excludes halogenated alkanes) is 28. The number of hydrogen-bond donors (Lipinski definition) is 4. The summed E-state index contributed by atoms with van der Waals surface area (Å²) in [4.78, 5) is 0. The Bertz CT molecular complexity index is 680. The highest BCUT2D eigenvalue weighted by Gasteiger charge is 2.26. The van der Waals surface area contributed by atoms with Crippen LogP contribution in [-0.4, -0.2) is 81.0 Å². The van der Waals surface area contributed by atoms with Crippen molar-refractivity contribution in [2.75, 3.05) is 26.2 Å². The number of hydrazine groups is 1. The van der Waals surface area contributed by atoms with Crippen LogP contribution in [0.3, 0.4) is 0 Å². The fraction of sp³-hybridized carbons (Fsp3) is 1.00. The molecule has 6 heteroatoms. The Hall–Kier alpha value is -0.240. The van der Waals surface area contributed by atoms with Gasteiger partial charge in [-0.2, -0.15) is 0 Å². The smallest absolute Gasteiger partial charge is 0.0681 e. The maximum Gasteiger partial charge on any atom is 0.0681 e. The van der Waals surface area contributed by atoms with E-state index >= 15 is 0 Å². The Morgan fingerprint density at radius 3 is 0.574 bits per heavy atom. The van der Waals surface area contributed by atoms with Crippen molar-refractivity contribution in [1.29, 1.82) is 0 Å². The first-order chi connectivity index (χ1) is 26.4. The number of nitrogens with zero attached hydrogens (tertiary/aromatic N) is 2. The van der Waals surface area contributed by atoms with Crippen LogP contribution in [0.15, 0.2) is 0 Å². The summed E-state index contributed by atoms with van der Waals surface area (Å²) < 4.78 is 0. The van der Waals surface area contributed by atoms with E-state index in [0.717, 1.165) is 77.0 Å². The van der Waals surface area contributed by atoms with Gasteiger partial charge in [0.2, 0.25) is 0 Å². The third-order valence-corrected chi connectivity index (χ3v) is 11.6. The second-order valence-corrected chi connectivity index (χ2v) is 17.4. The second-order valence-electron chi connectivity index (χ2n) is 17.4. The van der Waals surface area contributed by atoms with E-state index in [1.165, 1.54) is 154 Å². The van der Waals surface area contributed by atoms with Gasteiger partial charge in [0.05, 0.1) is 24.4 Å². The molecule has 0 aliphatic carbocycles. The van der Waals surface area contributed by atoms with E-state index in [0.29, 0.717) is 26.2 Å². The average molecular weight is 769 g/mol. The van der Waals surface area contributed by atoms with Gasteiger partial charge >= 0.3 is 0 Å². The molecular weight excluding hydrogens is 669 g/mol. The van der Waals surface area contributed by atoms with Gasteiger partial charge in [-0.25, -0.2) is 10.0 Å². The minimum absolute atomic E-state index is 0.441. The summed E-state index contributed by atoms with van der Waals surface area (Å²) in [7, 11) is 0. The van der Waals surface area contributed by atoms with Crippen molar-refractivity contribution in [3.63, 3.8) is 0 Å². The van der Waals surface area contributed by atoms with Crippen LogP contribution in [0.25, 0.3) is 0 Å². The van der Waals surface area contributed by atoms with Crippen LogP contribution in [0, 0.1) is 0 Å². The molecule has 4 unspecified atom stereocenters. The zero-order chi connectivity index (χ0) is 39.7. The predicted octanol–water partition coefficient (Wildman–Crippen LogP) is 13.1. The number of aliphatic hydroxyl groups excluding tert-OH is 4. The number of aliphatic hydroxyl groups is 4. The number of hydrogen-bond acceptors (Lipinski definition) is 6. The lowest BCUT2D eigenvalue weighted by Gasteiger charge is -2.39. The fourth-order valence-corrected chi connectivity index (χ4v) is 8.00. The molecular formula is C48H100N2O4. The molecule has 0 aliphatic heterocycles. The highest BCUT2D eigenvalue weighted by atomic mass is 16.3. The van der Waals surface area contributed by atoms with E-state index in [-0.39, 0.29) is 0 Å². The molecule has 0 bridgehead atoms. The molecule has 0 radical (unpaired) electrons. The lowest BCUT2D eigenvalue weighted by molar-refractivity contribution is -0.111. The van der Waals surface area contributed by atoms with Gasteiger partial charge in [0, 0.05) is 26.2 Å². The molecule has 54 heavy (non-hydrogen) atoms. The molecule has 0 fully saturated rings. The maximum atomic E-state index is 11.3. The van der Waals surface area contributed by atoms with E-state index in [2.05, 4.69) is 37.7 Å². The Kier molecular flexibility index (Phi) is 42.2. The van der Waals surface area contributed by atoms with Crippen LogP contribution in [0.1, 0.15) is 259 Å². The largest absolute Gasteiger partial charge is 0.392 e. The molecule has 4 atom stereocenters. The van der Waals surface area contributed by atoms with E-state index < -0.39 is 24.4 Å². The van der Waals surface area contributed by atoms with Crippen molar-refractivity contribution in [2.45, 2.75) is 283 Å². The molecule has 0 saturated carbocycles. The van der Waals surface area contributed by atoms with Gasteiger partial charge in [0.25, 0.3) is 0 Å². The second kappa shape index (κ2) is 42.4. The molecule has 0 spiro atoms. The molecule has 6 nitrogen and oxygen atoms in total. The van der Waals surface area contributed by atoms with Gasteiger partial charge in [0.15, 0.2) is 0 Å². The summed E-state index contributed by atoms with van der Waals surface area (Å²) in [6.07, 6.45) is 41.1. The topological polar surface area (TPSA) is 87.4 Å². The zero-order valence-electron chi connectivity index (χ0n) is 37.3. The third-order valence-electron chi connectivity index (χ3n) is 11.6. The SMILES string of the molecule is CCCCCCCCCCCCC(O)CN(CC(O)CCCCCCCCCCCC)N(CC(O)CCCCCC)CC(O)CCCCCCCCCC. The summed E-state index contributed by atoms with van der Waals surface area (Å²) in [5, 5.41) is 49.4. The van der Waals surface area contributed by atoms with Gasteiger partial charge in [-0.15, -0.1) is 0 Å². The molecule has 0 aromatic heterocycles. The normalized spacial score (nSPS) is 14.3. The molecule has 326 valence electrons. The quantitative estimate of drug-likeness (QED) is 0.0364. The summed E-state index contributed by atoms with van der Waals surface area (Å²) in [5.41, 5.74) is 0. The molecule has 0 heterocycles. The van der Waals surface area contributed by atoms with Crippen LogP contribution in [-0.2, 0) is 0 Å². The number of rotatable bonds is 45. The lowest BCUT2D eigenvalue weighted by Crippen LogP contribution is -2.54. The Balaban J connectivity index is 5.28. The first kappa shape index (κ1) is 53.8. The van der Waals surface area contributed by atoms with E-state index in [1.54, 1.807) is 0 Å². The van der Waals surface area contributed by atoms with Gasteiger partial charge in [-0.1, -0.05) is 233 Å². The van der Waals surface area contributed by atoms with E-state index in [9.17, 15) is 20.4 Å². The molecule has 0 aliphatic rings. The van der Waals surface area contributed by atoms with Crippen LogP contribution in [0.4, 0.5) is 0 Å². The van der Waals surface area contributed by atoms with Crippen LogP contribution < -0.4 is 0 Å². The van der Waals surface area contributed by atoms with Gasteiger partial charge in [-0.05, 0) is 25.7 Å². The highest BCUT2D eigenvalue weighted by molar-refractivity contribution is 4.74. The fourth-order valence-electron chi connectivity index (χ4n) is 8.00. The Morgan fingerprint density at radius 1 is 0.241 bits per heavy atom. The molecule has 0 amide bonds. The van der Waals surface area contributed by atoms with Gasteiger partial charge in [-0.3, -0.25) is 0 Å².